The van der Waals surface area contributed by atoms with Crippen molar-refractivity contribution in [2.24, 2.45) is 0 Å². The Bertz CT molecular complexity index is 1140. The molecule has 1 amide bonds. The van der Waals surface area contributed by atoms with E-state index in [0.717, 1.165) is 6.07 Å². The number of benzene rings is 2. The van der Waals surface area contributed by atoms with Crippen LogP contribution in [0.2, 0.25) is 5.02 Å². The molecule has 0 saturated carbocycles. The van der Waals surface area contributed by atoms with Gasteiger partial charge in [0, 0.05) is 31.5 Å². The molecule has 0 saturated heterocycles. The van der Waals surface area contributed by atoms with Crippen LogP contribution in [-0.4, -0.2) is 31.6 Å². The maximum atomic E-state index is 13.6. The van der Waals surface area contributed by atoms with Crippen molar-refractivity contribution in [3.63, 3.8) is 0 Å². The molecule has 5 nitrogen and oxygen atoms in total. The number of carbonyl (C=O) groups is 1. The normalized spacial score (nSPS) is 12.2. The minimum Gasteiger partial charge on any atom is -0.495 e. The summed E-state index contributed by atoms with van der Waals surface area (Å²) in [5, 5.41) is 3.04. The van der Waals surface area contributed by atoms with Crippen molar-refractivity contribution in [3.05, 3.63) is 88.5 Å². The Balaban J connectivity index is 1.91. The summed E-state index contributed by atoms with van der Waals surface area (Å²) in [5.74, 6) is -0.337. The summed E-state index contributed by atoms with van der Waals surface area (Å²) in [5.41, 5.74) is 0.877. The zero-order valence-electron chi connectivity index (χ0n) is 19.1. The van der Waals surface area contributed by atoms with Crippen LogP contribution in [-0.2, 0) is 17.4 Å². The standard InChI is InChI=1S/C25H24ClF4N3O2/c1-31-24(34)23(17-6-8-18(27)9-7-17)33(19-10-11-20(26)21(14-19)35-2)13-3-4-16-5-12-22(32-15-16)25(28,29)30/h5-12,14-15,23H,3-4,13H2,1-2H3,(H,31,34). The number of nitrogens with zero attached hydrogens (tertiary/aromatic N) is 2. The first-order valence-electron chi connectivity index (χ1n) is 10.7. The Kier molecular flexibility index (Phi) is 8.56. The van der Waals surface area contributed by atoms with Crippen LogP contribution in [0, 0.1) is 5.82 Å². The van der Waals surface area contributed by atoms with Crippen molar-refractivity contribution in [3.8, 4) is 5.75 Å². The first kappa shape index (κ1) is 26.3. The van der Waals surface area contributed by atoms with Gasteiger partial charge in [-0.3, -0.25) is 9.78 Å². The number of amides is 1. The van der Waals surface area contributed by atoms with E-state index in [4.69, 9.17) is 16.3 Å². The predicted molar refractivity (Wildman–Crippen MR) is 126 cm³/mol. The second-order valence-electron chi connectivity index (χ2n) is 7.73. The number of ether oxygens (including phenoxy) is 1. The highest BCUT2D eigenvalue weighted by molar-refractivity contribution is 6.32. The molecule has 3 rings (SSSR count). The molecule has 1 atom stereocenters. The van der Waals surface area contributed by atoms with E-state index in [9.17, 15) is 22.4 Å². The maximum Gasteiger partial charge on any atom is 0.433 e. The van der Waals surface area contributed by atoms with Gasteiger partial charge in [0.25, 0.3) is 0 Å². The van der Waals surface area contributed by atoms with Crippen molar-refractivity contribution < 1.29 is 27.1 Å². The molecule has 0 radical (unpaired) electrons. The summed E-state index contributed by atoms with van der Waals surface area (Å²) < 4.78 is 57.3. The van der Waals surface area contributed by atoms with Gasteiger partial charge in [-0.25, -0.2) is 4.39 Å². The lowest BCUT2D eigenvalue weighted by atomic mass is 10.0. The van der Waals surface area contributed by atoms with Crippen LogP contribution < -0.4 is 15.0 Å². The predicted octanol–water partition coefficient (Wildman–Crippen LogP) is 5.83. The lowest BCUT2D eigenvalue weighted by Gasteiger charge is -2.33. The van der Waals surface area contributed by atoms with Crippen LogP contribution in [0.3, 0.4) is 0 Å². The van der Waals surface area contributed by atoms with Gasteiger partial charge in [0.2, 0.25) is 5.91 Å². The van der Waals surface area contributed by atoms with Gasteiger partial charge in [-0.1, -0.05) is 29.8 Å². The first-order valence-corrected chi connectivity index (χ1v) is 11.1. The Labute approximate surface area is 205 Å². The summed E-state index contributed by atoms with van der Waals surface area (Å²) in [7, 11) is 2.98. The Hall–Kier alpha value is -3.33. The summed E-state index contributed by atoms with van der Waals surface area (Å²) in [6.07, 6.45) is -2.38. The smallest absolute Gasteiger partial charge is 0.433 e. The molecule has 35 heavy (non-hydrogen) atoms. The fourth-order valence-electron chi connectivity index (χ4n) is 3.68. The number of anilines is 1. The van der Waals surface area contributed by atoms with Crippen LogP contribution in [0.5, 0.6) is 5.75 Å². The number of hydrogen-bond donors (Lipinski definition) is 1. The van der Waals surface area contributed by atoms with E-state index in [0.29, 0.717) is 47.0 Å². The zero-order valence-corrected chi connectivity index (χ0v) is 19.8. The minimum absolute atomic E-state index is 0.318. The maximum absolute atomic E-state index is 13.6. The molecular weight excluding hydrogens is 486 g/mol. The fourth-order valence-corrected chi connectivity index (χ4v) is 3.88. The number of aryl methyl sites for hydroxylation is 1. The Morgan fingerprint density at radius 3 is 2.43 bits per heavy atom. The third-order valence-electron chi connectivity index (χ3n) is 5.44. The second-order valence-corrected chi connectivity index (χ2v) is 8.14. The van der Waals surface area contributed by atoms with Crippen LogP contribution in [0.1, 0.15) is 29.3 Å². The van der Waals surface area contributed by atoms with Crippen molar-refractivity contribution in [1.29, 1.82) is 0 Å². The number of aromatic nitrogens is 1. The molecule has 0 aliphatic rings. The topological polar surface area (TPSA) is 54.5 Å². The highest BCUT2D eigenvalue weighted by Crippen LogP contribution is 2.34. The average Bonchev–Trinajstić information content (AvgIpc) is 2.84. The van der Waals surface area contributed by atoms with Crippen LogP contribution in [0.15, 0.2) is 60.8 Å². The minimum atomic E-state index is -4.50. The number of methoxy groups -OCH3 is 1. The lowest BCUT2D eigenvalue weighted by molar-refractivity contribution is -0.141. The van der Waals surface area contributed by atoms with E-state index in [2.05, 4.69) is 10.3 Å². The number of carbonyl (C=O) groups excluding carboxylic acids is 1. The molecule has 2 aromatic carbocycles. The van der Waals surface area contributed by atoms with Gasteiger partial charge in [0.1, 0.15) is 23.3 Å². The number of pyridine rings is 1. The number of hydrogen-bond acceptors (Lipinski definition) is 4. The monoisotopic (exact) mass is 509 g/mol. The molecule has 1 unspecified atom stereocenters. The van der Waals surface area contributed by atoms with E-state index >= 15 is 0 Å². The quantitative estimate of drug-likeness (QED) is 0.369. The molecule has 186 valence electrons. The molecule has 3 aromatic rings. The molecule has 0 spiro atoms. The van der Waals surface area contributed by atoms with Gasteiger partial charge in [0.05, 0.1) is 12.1 Å². The number of rotatable bonds is 9. The summed E-state index contributed by atoms with van der Waals surface area (Å²) >= 11 is 6.18. The SMILES string of the molecule is CNC(=O)C(c1ccc(F)cc1)N(CCCc1ccc(C(F)(F)F)nc1)c1ccc(Cl)c(OC)c1. The van der Waals surface area contributed by atoms with E-state index in [1.807, 2.05) is 4.90 Å². The van der Waals surface area contributed by atoms with Crippen LogP contribution in [0.4, 0.5) is 23.2 Å². The number of alkyl halides is 3. The second kappa shape index (κ2) is 11.4. The highest BCUT2D eigenvalue weighted by Gasteiger charge is 2.32. The van der Waals surface area contributed by atoms with Gasteiger partial charge in [0.15, 0.2) is 0 Å². The number of halogens is 5. The third kappa shape index (κ3) is 6.63. The van der Waals surface area contributed by atoms with Crippen molar-refractivity contribution in [1.82, 2.24) is 10.3 Å². The fraction of sp³-hybridized carbons (Fsp3) is 0.280. The number of likely N-dealkylation sites (N-methyl/N-ethyl adjacent to an activating group) is 1. The largest absolute Gasteiger partial charge is 0.495 e. The summed E-state index contributed by atoms with van der Waals surface area (Å²) in [6.45, 7) is 0.348. The molecule has 1 N–H and O–H groups in total. The molecule has 10 heteroatoms. The molecule has 0 aliphatic heterocycles. The number of nitrogens with one attached hydrogen (secondary N) is 1. The van der Waals surface area contributed by atoms with E-state index in [-0.39, 0.29) is 5.91 Å². The Morgan fingerprint density at radius 1 is 1.14 bits per heavy atom. The van der Waals surface area contributed by atoms with Gasteiger partial charge < -0.3 is 15.0 Å². The van der Waals surface area contributed by atoms with Crippen molar-refractivity contribution in [2.45, 2.75) is 25.1 Å². The molecule has 0 bridgehead atoms. The van der Waals surface area contributed by atoms with Gasteiger partial charge >= 0.3 is 6.18 Å². The molecule has 0 fully saturated rings. The molecular formula is C25H24ClF4N3O2. The van der Waals surface area contributed by atoms with Crippen LogP contribution in [0.25, 0.3) is 0 Å². The zero-order chi connectivity index (χ0) is 25.6. The highest BCUT2D eigenvalue weighted by atomic mass is 35.5. The lowest BCUT2D eigenvalue weighted by Crippen LogP contribution is -2.40. The van der Waals surface area contributed by atoms with E-state index in [1.54, 1.807) is 18.2 Å². The van der Waals surface area contributed by atoms with Gasteiger partial charge in [-0.15, -0.1) is 0 Å². The van der Waals surface area contributed by atoms with Gasteiger partial charge in [-0.05, 0) is 54.3 Å². The Morgan fingerprint density at radius 2 is 1.86 bits per heavy atom. The van der Waals surface area contributed by atoms with E-state index in [1.165, 1.54) is 50.7 Å². The molecule has 1 aromatic heterocycles. The van der Waals surface area contributed by atoms with Crippen LogP contribution >= 0.6 is 11.6 Å². The van der Waals surface area contributed by atoms with Crippen molar-refractivity contribution >= 4 is 23.2 Å². The summed E-state index contributed by atoms with van der Waals surface area (Å²) in [6, 6.07) is 12.2. The molecule has 0 aliphatic carbocycles. The summed E-state index contributed by atoms with van der Waals surface area (Å²) in [4.78, 5) is 18.3. The average molecular weight is 510 g/mol. The van der Waals surface area contributed by atoms with E-state index < -0.39 is 23.7 Å². The first-order chi connectivity index (χ1) is 16.6. The molecule has 1 heterocycles. The van der Waals surface area contributed by atoms with Crippen molar-refractivity contribution in [2.75, 3.05) is 25.6 Å². The van der Waals surface area contributed by atoms with Gasteiger partial charge in [-0.2, -0.15) is 13.2 Å². The third-order valence-corrected chi connectivity index (χ3v) is 5.75.